The van der Waals surface area contributed by atoms with Crippen molar-refractivity contribution in [2.45, 2.75) is 44.5 Å². The monoisotopic (exact) mass is 456 g/mol. The Morgan fingerprint density at radius 2 is 1.91 bits per heavy atom. The minimum atomic E-state index is -5.24. The number of halogens is 3. The number of para-hydroxylation sites is 2. The zero-order valence-electron chi connectivity index (χ0n) is 18.1. The van der Waals surface area contributed by atoms with E-state index >= 15 is 0 Å². The highest BCUT2D eigenvalue weighted by Gasteiger charge is 2.57. The van der Waals surface area contributed by atoms with Gasteiger partial charge in [-0.3, -0.25) is 9.59 Å². The molecule has 2 atom stereocenters. The van der Waals surface area contributed by atoms with Gasteiger partial charge in [0, 0.05) is 12.5 Å². The summed E-state index contributed by atoms with van der Waals surface area (Å²) in [5.41, 5.74) is 3.21. The van der Waals surface area contributed by atoms with Crippen molar-refractivity contribution in [1.82, 2.24) is 10.2 Å². The molecule has 0 aromatic heterocycles. The van der Waals surface area contributed by atoms with Crippen LogP contribution in [0, 0.1) is 5.92 Å². The number of carbonyl (C=O) groups is 3. The van der Waals surface area contributed by atoms with Gasteiger partial charge in [0.05, 0.1) is 17.9 Å². The topological polar surface area (TPSA) is 114 Å². The maximum Gasteiger partial charge on any atom is 0.471 e. The number of likely N-dealkylation sites (tertiary alicyclic amines) is 1. The summed E-state index contributed by atoms with van der Waals surface area (Å²) >= 11 is 0. The van der Waals surface area contributed by atoms with Gasteiger partial charge in [0.15, 0.2) is 0 Å². The standard InChI is InChI=1S/C21H27F3N4O4/c1-5-8-13-11-28(18(31)32-19(2,3)4)12-20(13,27-17(30)21(22,23)24)16(29)26-15-10-7-6-9-14(15)25/h5-7,9-10,13H,1,8,11-12,25H2,2-4H3,(H,26,29)(H,27,30). The second-order valence-corrected chi connectivity index (χ2v) is 8.55. The smallest absolute Gasteiger partial charge is 0.444 e. The van der Waals surface area contributed by atoms with Crippen molar-refractivity contribution >= 4 is 29.3 Å². The first-order chi connectivity index (χ1) is 14.7. The fourth-order valence-electron chi connectivity index (χ4n) is 3.43. The van der Waals surface area contributed by atoms with Crippen LogP contribution in [0.5, 0.6) is 0 Å². The van der Waals surface area contributed by atoms with Crippen LogP contribution in [0.25, 0.3) is 0 Å². The van der Waals surface area contributed by atoms with Crippen LogP contribution in [0.15, 0.2) is 36.9 Å². The van der Waals surface area contributed by atoms with E-state index in [0.29, 0.717) is 0 Å². The van der Waals surface area contributed by atoms with Gasteiger partial charge in [-0.05, 0) is 39.3 Å². The summed E-state index contributed by atoms with van der Waals surface area (Å²) in [5.74, 6) is -4.14. The van der Waals surface area contributed by atoms with E-state index in [1.54, 1.807) is 32.9 Å². The van der Waals surface area contributed by atoms with E-state index in [1.807, 2.05) is 5.32 Å². The van der Waals surface area contributed by atoms with Gasteiger partial charge in [0.1, 0.15) is 11.1 Å². The second kappa shape index (κ2) is 9.09. The molecule has 1 saturated heterocycles. The molecular weight excluding hydrogens is 429 g/mol. The normalized spacial score (nSPS) is 21.1. The van der Waals surface area contributed by atoms with Gasteiger partial charge in [-0.2, -0.15) is 13.2 Å². The zero-order valence-corrected chi connectivity index (χ0v) is 18.1. The molecule has 0 aliphatic carbocycles. The molecule has 176 valence electrons. The van der Waals surface area contributed by atoms with Crippen LogP contribution in [0.4, 0.5) is 29.3 Å². The molecule has 4 N–H and O–H groups in total. The first-order valence-corrected chi connectivity index (χ1v) is 9.83. The number of alkyl halides is 3. The molecule has 1 aliphatic heterocycles. The molecule has 1 aromatic rings. The van der Waals surface area contributed by atoms with Crippen LogP contribution in [0.1, 0.15) is 27.2 Å². The van der Waals surface area contributed by atoms with E-state index < -0.39 is 47.7 Å². The number of benzene rings is 1. The van der Waals surface area contributed by atoms with Crippen LogP contribution in [0.2, 0.25) is 0 Å². The third kappa shape index (κ3) is 5.71. The quantitative estimate of drug-likeness (QED) is 0.466. The summed E-state index contributed by atoms with van der Waals surface area (Å²) in [6, 6.07) is 6.16. The summed E-state index contributed by atoms with van der Waals surface area (Å²) in [4.78, 5) is 38.9. The number of ether oxygens (including phenoxy) is 1. The average molecular weight is 456 g/mol. The highest BCUT2D eigenvalue weighted by Crippen LogP contribution is 2.35. The largest absolute Gasteiger partial charge is 0.471 e. The Labute approximate surface area is 184 Å². The molecule has 11 heteroatoms. The lowest BCUT2D eigenvalue weighted by Gasteiger charge is -2.34. The Morgan fingerprint density at radius 1 is 1.28 bits per heavy atom. The van der Waals surface area contributed by atoms with E-state index in [9.17, 15) is 27.6 Å². The van der Waals surface area contributed by atoms with Gasteiger partial charge in [-0.15, -0.1) is 6.58 Å². The minimum Gasteiger partial charge on any atom is -0.444 e. The molecule has 1 aromatic carbocycles. The minimum absolute atomic E-state index is 0.0507. The van der Waals surface area contributed by atoms with Crippen LogP contribution in [-0.4, -0.2) is 53.2 Å². The van der Waals surface area contributed by atoms with Crippen molar-refractivity contribution < 1.29 is 32.3 Å². The number of anilines is 2. The maximum absolute atomic E-state index is 13.3. The molecule has 3 amide bonds. The number of hydrogen-bond acceptors (Lipinski definition) is 5. The predicted molar refractivity (Wildman–Crippen MR) is 113 cm³/mol. The number of nitrogen functional groups attached to an aromatic ring is 1. The first-order valence-electron chi connectivity index (χ1n) is 9.83. The predicted octanol–water partition coefficient (Wildman–Crippen LogP) is 3.07. The number of nitrogens with one attached hydrogen (secondary N) is 2. The Bertz CT molecular complexity index is 898. The summed E-state index contributed by atoms with van der Waals surface area (Å²) in [5, 5.41) is 4.33. The van der Waals surface area contributed by atoms with Gasteiger partial charge in [0.25, 0.3) is 5.91 Å². The number of nitrogens with zero attached hydrogens (tertiary/aromatic N) is 1. The molecule has 0 spiro atoms. The average Bonchev–Trinajstić information content (AvgIpc) is 3.01. The van der Waals surface area contributed by atoms with Crippen molar-refractivity contribution in [3.05, 3.63) is 36.9 Å². The van der Waals surface area contributed by atoms with Gasteiger partial charge < -0.3 is 26.0 Å². The SMILES string of the molecule is C=CCC1CN(C(=O)OC(C)(C)C)CC1(NC(=O)C(F)(F)F)C(=O)Nc1ccccc1N. The zero-order chi connectivity index (χ0) is 24.3. The summed E-state index contributed by atoms with van der Waals surface area (Å²) in [6.07, 6.45) is -4.60. The number of allylic oxidation sites excluding steroid dienone is 1. The third-order valence-electron chi connectivity index (χ3n) is 4.89. The molecule has 32 heavy (non-hydrogen) atoms. The van der Waals surface area contributed by atoms with Gasteiger partial charge in [-0.1, -0.05) is 18.2 Å². The number of carbonyl (C=O) groups excluding carboxylic acids is 3. The number of hydrogen-bond donors (Lipinski definition) is 3. The van der Waals surface area contributed by atoms with Crippen LogP contribution in [0.3, 0.4) is 0 Å². The molecule has 1 heterocycles. The molecular formula is C21H27F3N4O4. The van der Waals surface area contributed by atoms with E-state index in [4.69, 9.17) is 10.5 Å². The highest BCUT2D eigenvalue weighted by molar-refractivity contribution is 6.03. The lowest BCUT2D eigenvalue weighted by Crippen LogP contribution is -2.64. The molecule has 0 saturated carbocycles. The molecule has 2 unspecified atom stereocenters. The van der Waals surface area contributed by atoms with Crippen LogP contribution >= 0.6 is 0 Å². The highest BCUT2D eigenvalue weighted by atomic mass is 19.4. The Kier molecular flexibility index (Phi) is 7.11. The van der Waals surface area contributed by atoms with Crippen molar-refractivity contribution in [2.75, 3.05) is 24.1 Å². The van der Waals surface area contributed by atoms with Crippen molar-refractivity contribution in [1.29, 1.82) is 0 Å². The summed E-state index contributed by atoms with van der Waals surface area (Å²) < 4.78 is 44.7. The Balaban J connectivity index is 2.47. The molecule has 1 aliphatic rings. The van der Waals surface area contributed by atoms with Crippen molar-refractivity contribution in [2.24, 2.45) is 5.92 Å². The Morgan fingerprint density at radius 3 is 2.44 bits per heavy atom. The molecule has 0 radical (unpaired) electrons. The lowest BCUT2D eigenvalue weighted by molar-refractivity contribution is -0.176. The van der Waals surface area contributed by atoms with Crippen LogP contribution < -0.4 is 16.4 Å². The Hall–Kier alpha value is -3.24. The fraction of sp³-hybridized carbons (Fsp3) is 0.476. The molecule has 0 bridgehead atoms. The first kappa shape index (κ1) is 25.0. The number of rotatable bonds is 5. The van der Waals surface area contributed by atoms with E-state index in [1.165, 1.54) is 18.2 Å². The van der Waals surface area contributed by atoms with Gasteiger partial charge >= 0.3 is 18.2 Å². The van der Waals surface area contributed by atoms with Gasteiger partial charge in [-0.25, -0.2) is 4.79 Å². The third-order valence-corrected chi connectivity index (χ3v) is 4.89. The summed E-state index contributed by atoms with van der Waals surface area (Å²) in [7, 11) is 0. The second-order valence-electron chi connectivity index (χ2n) is 8.55. The fourth-order valence-corrected chi connectivity index (χ4v) is 3.43. The molecule has 2 rings (SSSR count). The van der Waals surface area contributed by atoms with E-state index in [0.717, 1.165) is 4.90 Å². The van der Waals surface area contributed by atoms with Crippen molar-refractivity contribution in [3.8, 4) is 0 Å². The van der Waals surface area contributed by atoms with Gasteiger partial charge in [0.2, 0.25) is 0 Å². The maximum atomic E-state index is 13.3. The van der Waals surface area contributed by atoms with Crippen molar-refractivity contribution in [3.63, 3.8) is 0 Å². The number of amides is 3. The molecule has 8 nitrogen and oxygen atoms in total. The van der Waals surface area contributed by atoms with Crippen LogP contribution in [-0.2, 0) is 14.3 Å². The number of nitrogens with two attached hydrogens (primary N) is 1. The van der Waals surface area contributed by atoms with E-state index in [-0.39, 0.29) is 24.3 Å². The van der Waals surface area contributed by atoms with E-state index in [2.05, 4.69) is 11.9 Å². The lowest BCUT2D eigenvalue weighted by atomic mass is 9.83. The summed E-state index contributed by atoms with van der Waals surface area (Å²) in [6.45, 7) is 7.82. The molecule has 1 fully saturated rings.